The summed E-state index contributed by atoms with van der Waals surface area (Å²) in [6.07, 6.45) is 0.671. The summed E-state index contributed by atoms with van der Waals surface area (Å²) in [6, 6.07) is 3.84. The first kappa shape index (κ1) is 16.7. The summed E-state index contributed by atoms with van der Waals surface area (Å²) in [5, 5.41) is 0. The second kappa shape index (κ2) is 5.30. The van der Waals surface area contributed by atoms with Crippen LogP contribution < -0.4 is 0 Å². The molecule has 2 amide bonds. The van der Waals surface area contributed by atoms with Crippen molar-refractivity contribution in [3.8, 4) is 0 Å². The van der Waals surface area contributed by atoms with Gasteiger partial charge in [0.15, 0.2) is 5.78 Å². The number of likely N-dealkylation sites (tertiary alicyclic amines) is 1. The molecule has 3 fully saturated rings. The molecule has 27 heavy (non-hydrogen) atoms. The Morgan fingerprint density at radius 3 is 1.96 bits per heavy atom. The van der Waals surface area contributed by atoms with Crippen molar-refractivity contribution >= 4 is 17.6 Å². The van der Waals surface area contributed by atoms with Gasteiger partial charge in [0.05, 0.1) is 23.9 Å². The smallest absolute Gasteiger partial charge is 0.292 e. The summed E-state index contributed by atoms with van der Waals surface area (Å²) >= 11 is 0. The lowest BCUT2D eigenvalue weighted by Crippen LogP contribution is -2.40. The van der Waals surface area contributed by atoms with Crippen LogP contribution in [0.5, 0.6) is 0 Å². The van der Waals surface area contributed by atoms with Crippen LogP contribution in [0.3, 0.4) is 0 Å². The van der Waals surface area contributed by atoms with Crippen LogP contribution in [0.2, 0.25) is 0 Å². The molecule has 2 bridgehead atoms. The van der Waals surface area contributed by atoms with Crippen LogP contribution in [0.15, 0.2) is 36.4 Å². The molecule has 6 atom stereocenters. The molecule has 1 aromatic carbocycles. The normalized spacial score (nSPS) is 36.0. The lowest BCUT2D eigenvalue weighted by atomic mass is 9.63. The third-order valence-corrected chi connectivity index (χ3v) is 6.59. The molecule has 140 valence electrons. The summed E-state index contributed by atoms with van der Waals surface area (Å²) < 4.78 is 37.9. The molecule has 2 saturated carbocycles. The van der Waals surface area contributed by atoms with Crippen molar-refractivity contribution in [1.29, 1.82) is 0 Å². The van der Waals surface area contributed by atoms with E-state index in [2.05, 4.69) is 0 Å². The number of allylic oxidation sites excluding steroid dienone is 2. The predicted molar refractivity (Wildman–Crippen MR) is 87.2 cm³/mol. The first-order valence-corrected chi connectivity index (χ1v) is 9.01. The summed E-state index contributed by atoms with van der Waals surface area (Å²) in [4.78, 5) is 39.1. The van der Waals surface area contributed by atoms with Gasteiger partial charge in [0.25, 0.3) is 0 Å². The average Bonchev–Trinajstić information content (AvgIpc) is 3.42. The summed E-state index contributed by atoms with van der Waals surface area (Å²) in [7, 11) is 0. The zero-order valence-corrected chi connectivity index (χ0v) is 14.1. The molecule has 1 saturated heterocycles. The Morgan fingerprint density at radius 1 is 0.963 bits per heavy atom. The molecule has 1 aromatic rings. The van der Waals surface area contributed by atoms with E-state index in [4.69, 9.17) is 0 Å². The van der Waals surface area contributed by atoms with Gasteiger partial charge in [-0.2, -0.15) is 13.2 Å². The maximum atomic E-state index is 12.8. The van der Waals surface area contributed by atoms with Crippen molar-refractivity contribution in [1.82, 2.24) is 4.90 Å². The number of amides is 2. The minimum absolute atomic E-state index is 0.0578. The number of hydrogen-bond acceptors (Lipinski definition) is 3. The van der Waals surface area contributed by atoms with Gasteiger partial charge >= 0.3 is 6.18 Å². The number of hydrogen-bond donors (Lipinski definition) is 0. The van der Waals surface area contributed by atoms with Gasteiger partial charge in [-0.15, -0.1) is 0 Å². The summed E-state index contributed by atoms with van der Waals surface area (Å²) in [5.41, 5.74) is -0.789. The van der Waals surface area contributed by atoms with Crippen LogP contribution in [0.4, 0.5) is 13.2 Å². The molecule has 4 nitrogen and oxygen atoms in total. The lowest BCUT2D eigenvalue weighted by Gasteiger charge is -2.37. The molecule has 0 radical (unpaired) electrons. The number of Topliss-reactive ketones (excluding diaryl/α,β-unsaturated/α-hetero) is 1. The fourth-order valence-electron chi connectivity index (χ4n) is 5.25. The zero-order chi connectivity index (χ0) is 19.1. The quantitative estimate of drug-likeness (QED) is 0.464. The standard InChI is InChI=1S/C20H16F3NO3/c21-20(22,23)10-3-1-9(2-4-10)15(25)8-24-18(26)16-11-5-6-12(14-7-13(11)14)17(16)19(24)27/h1-6,11-14,16-17H,7-8H2. The maximum Gasteiger partial charge on any atom is 0.416 e. The minimum Gasteiger partial charge on any atom is -0.292 e. The molecule has 0 aromatic heterocycles. The number of imide groups is 1. The molecule has 5 aliphatic rings. The van der Waals surface area contributed by atoms with Crippen molar-refractivity contribution in [2.45, 2.75) is 12.6 Å². The summed E-state index contributed by atoms with van der Waals surface area (Å²) in [6.45, 7) is -0.412. The molecule has 6 rings (SSSR count). The van der Waals surface area contributed by atoms with Gasteiger partial charge in [-0.05, 0) is 42.2 Å². The Labute approximate surface area is 153 Å². The van der Waals surface area contributed by atoms with E-state index in [1.807, 2.05) is 12.2 Å². The highest BCUT2D eigenvalue weighted by molar-refractivity contribution is 6.10. The second-order valence-electron chi connectivity index (χ2n) is 7.92. The molecular weight excluding hydrogens is 359 g/mol. The number of benzene rings is 1. The summed E-state index contributed by atoms with van der Waals surface area (Å²) in [5.74, 6) is -0.805. The Bertz CT molecular complexity index is 853. The number of carbonyl (C=O) groups is 3. The van der Waals surface area contributed by atoms with Crippen LogP contribution in [-0.4, -0.2) is 29.0 Å². The first-order chi connectivity index (χ1) is 12.8. The van der Waals surface area contributed by atoms with Crippen molar-refractivity contribution in [3.05, 3.63) is 47.5 Å². The van der Waals surface area contributed by atoms with Crippen LogP contribution >= 0.6 is 0 Å². The van der Waals surface area contributed by atoms with Crippen LogP contribution in [0.1, 0.15) is 22.3 Å². The largest absolute Gasteiger partial charge is 0.416 e. The van der Waals surface area contributed by atoms with Gasteiger partial charge in [-0.1, -0.05) is 24.3 Å². The fraction of sp³-hybridized carbons (Fsp3) is 0.450. The van der Waals surface area contributed by atoms with Crippen LogP contribution in [-0.2, 0) is 15.8 Å². The molecule has 0 spiro atoms. The molecule has 1 heterocycles. The van der Waals surface area contributed by atoms with Crippen molar-refractivity contribution in [2.24, 2.45) is 35.5 Å². The monoisotopic (exact) mass is 375 g/mol. The Morgan fingerprint density at radius 2 is 1.48 bits per heavy atom. The van der Waals surface area contributed by atoms with Crippen LogP contribution in [0, 0.1) is 35.5 Å². The molecule has 4 aliphatic carbocycles. The lowest BCUT2D eigenvalue weighted by molar-refractivity contribution is -0.140. The molecule has 1 aliphatic heterocycles. The Hall–Kier alpha value is -2.44. The number of alkyl halides is 3. The number of carbonyl (C=O) groups excluding carboxylic acids is 3. The second-order valence-corrected chi connectivity index (χ2v) is 7.92. The first-order valence-electron chi connectivity index (χ1n) is 9.01. The Kier molecular flexibility index (Phi) is 3.28. The number of ketones is 1. The average molecular weight is 375 g/mol. The van der Waals surface area contributed by atoms with E-state index in [0.29, 0.717) is 11.8 Å². The maximum absolute atomic E-state index is 12.8. The van der Waals surface area contributed by atoms with Crippen molar-refractivity contribution in [3.63, 3.8) is 0 Å². The highest BCUT2D eigenvalue weighted by atomic mass is 19.4. The van der Waals surface area contributed by atoms with Gasteiger partial charge in [-0.25, -0.2) is 0 Å². The van der Waals surface area contributed by atoms with Gasteiger partial charge in [-0.3, -0.25) is 19.3 Å². The van der Waals surface area contributed by atoms with E-state index in [0.717, 1.165) is 35.6 Å². The van der Waals surface area contributed by atoms with E-state index in [1.165, 1.54) is 0 Å². The minimum atomic E-state index is -4.48. The van der Waals surface area contributed by atoms with Gasteiger partial charge in [0.1, 0.15) is 0 Å². The van der Waals surface area contributed by atoms with Crippen molar-refractivity contribution in [2.75, 3.05) is 6.54 Å². The number of nitrogens with zero attached hydrogens (tertiary/aromatic N) is 1. The van der Waals surface area contributed by atoms with Crippen LogP contribution in [0.25, 0.3) is 0 Å². The van der Waals surface area contributed by atoms with E-state index in [9.17, 15) is 27.6 Å². The molecule has 6 unspecified atom stereocenters. The van der Waals surface area contributed by atoms with E-state index in [-0.39, 0.29) is 41.0 Å². The zero-order valence-electron chi connectivity index (χ0n) is 14.1. The SMILES string of the molecule is O=C(CN1C(=O)C2C3C=CC(C4CC34)C2C1=O)c1ccc(C(F)(F)F)cc1. The van der Waals surface area contributed by atoms with E-state index < -0.39 is 24.1 Å². The third kappa shape index (κ3) is 2.33. The molecule has 7 heteroatoms. The highest BCUT2D eigenvalue weighted by Crippen LogP contribution is 2.65. The fourth-order valence-corrected chi connectivity index (χ4v) is 5.25. The number of rotatable bonds is 3. The van der Waals surface area contributed by atoms with Gasteiger partial charge in [0.2, 0.25) is 11.8 Å². The molecular formula is C20H16F3NO3. The predicted octanol–water partition coefficient (Wildman–Crippen LogP) is 2.94. The highest BCUT2D eigenvalue weighted by Gasteiger charge is 2.67. The number of halogens is 3. The Balaban J connectivity index is 1.35. The topological polar surface area (TPSA) is 54.5 Å². The van der Waals surface area contributed by atoms with E-state index >= 15 is 0 Å². The molecule has 0 N–H and O–H groups in total. The van der Waals surface area contributed by atoms with Gasteiger partial charge in [0, 0.05) is 5.56 Å². The van der Waals surface area contributed by atoms with Gasteiger partial charge < -0.3 is 0 Å². The van der Waals surface area contributed by atoms with E-state index in [1.54, 1.807) is 0 Å². The third-order valence-electron chi connectivity index (χ3n) is 6.59. The van der Waals surface area contributed by atoms with Crippen molar-refractivity contribution < 1.29 is 27.6 Å².